The maximum atomic E-state index is 12.9. The van der Waals surface area contributed by atoms with Gasteiger partial charge in [0.25, 0.3) is 0 Å². The fourth-order valence-corrected chi connectivity index (χ4v) is 4.44. The molecule has 2 aromatic carbocycles. The Labute approximate surface area is 143 Å². The van der Waals surface area contributed by atoms with E-state index in [2.05, 4.69) is 4.90 Å². The number of rotatable bonds is 4. The van der Waals surface area contributed by atoms with E-state index in [4.69, 9.17) is 4.74 Å². The van der Waals surface area contributed by atoms with Crippen molar-refractivity contribution in [3.63, 3.8) is 0 Å². The minimum absolute atomic E-state index is 0.0629. The second-order valence-electron chi connectivity index (χ2n) is 5.95. The first-order valence-electron chi connectivity index (χ1n) is 7.92. The lowest BCUT2D eigenvalue weighted by atomic mass is 10.0. The molecule has 0 aliphatic carbocycles. The number of nitrogens with zero attached hydrogens (tertiary/aromatic N) is 2. The molecule has 24 heavy (non-hydrogen) atoms. The van der Waals surface area contributed by atoms with Crippen molar-refractivity contribution in [3.8, 4) is 5.75 Å². The van der Waals surface area contributed by atoms with Gasteiger partial charge < -0.3 is 4.74 Å². The van der Waals surface area contributed by atoms with E-state index in [9.17, 15) is 8.42 Å². The van der Waals surface area contributed by atoms with Crippen molar-refractivity contribution in [3.05, 3.63) is 60.2 Å². The first kappa shape index (κ1) is 17.0. The Bertz CT molecular complexity index is 776. The zero-order valence-electron chi connectivity index (χ0n) is 13.9. The molecule has 1 aliphatic heterocycles. The van der Waals surface area contributed by atoms with E-state index >= 15 is 0 Å². The highest BCUT2D eigenvalue weighted by Crippen LogP contribution is 2.28. The van der Waals surface area contributed by atoms with Gasteiger partial charge in [0.1, 0.15) is 5.75 Å². The number of hydrogen-bond donors (Lipinski definition) is 0. The van der Waals surface area contributed by atoms with Crippen LogP contribution in [-0.2, 0) is 10.0 Å². The summed E-state index contributed by atoms with van der Waals surface area (Å²) in [7, 11) is 0.100. The zero-order chi connectivity index (χ0) is 17.2. The fourth-order valence-electron chi connectivity index (χ4n) is 3.00. The predicted octanol–water partition coefficient (Wildman–Crippen LogP) is 2.37. The number of hydrogen-bond acceptors (Lipinski definition) is 4. The summed E-state index contributed by atoms with van der Waals surface area (Å²) in [5, 5.41) is 0. The van der Waals surface area contributed by atoms with E-state index in [1.165, 1.54) is 0 Å². The highest BCUT2D eigenvalue weighted by molar-refractivity contribution is 7.89. The number of ether oxygens (including phenoxy) is 1. The Kier molecular flexibility index (Phi) is 4.89. The van der Waals surface area contributed by atoms with Crippen LogP contribution in [0, 0.1) is 0 Å². The minimum Gasteiger partial charge on any atom is -0.497 e. The molecule has 0 N–H and O–H groups in total. The lowest BCUT2D eigenvalue weighted by molar-refractivity contribution is 0.148. The van der Waals surface area contributed by atoms with Gasteiger partial charge >= 0.3 is 0 Å². The average Bonchev–Trinajstić information content (AvgIpc) is 2.62. The molecule has 128 valence electrons. The van der Waals surface area contributed by atoms with Gasteiger partial charge in [-0.1, -0.05) is 30.3 Å². The minimum atomic E-state index is -3.50. The number of sulfonamides is 1. The van der Waals surface area contributed by atoms with Crippen LogP contribution in [0.5, 0.6) is 5.75 Å². The Hall–Kier alpha value is -1.89. The van der Waals surface area contributed by atoms with Gasteiger partial charge in [0.15, 0.2) is 0 Å². The lowest BCUT2D eigenvalue weighted by Gasteiger charge is -2.39. The van der Waals surface area contributed by atoms with Crippen molar-refractivity contribution in [2.24, 2.45) is 0 Å². The van der Waals surface area contributed by atoms with Gasteiger partial charge in [-0.05, 0) is 36.9 Å². The summed E-state index contributed by atoms with van der Waals surface area (Å²) < 4.78 is 32.6. The van der Waals surface area contributed by atoms with E-state index in [1.807, 2.05) is 37.4 Å². The molecule has 0 aromatic heterocycles. The summed E-state index contributed by atoms with van der Waals surface area (Å²) in [6.45, 7) is 1.65. The van der Waals surface area contributed by atoms with Gasteiger partial charge in [0.05, 0.1) is 12.0 Å². The maximum Gasteiger partial charge on any atom is 0.243 e. The van der Waals surface area contributed by atoms with Gasteiger partial charge in [-0.25, -0.2) is 8.42 Å². The SMILES string of the molecule is COc1ccc(S(=O)(=O)N2CCN(C)C(c3ccccc3)C2)cc1. The first-order valence-corrected chi connectivity index (χ1v) is 9.36. The molecule has 3 rings (SSSR count). The molecule has 1 heterocycles. The summed E-state index contributed by atoms with van der Waals surface area (Å²) in [6.07, 6.45) is 0. The highest BCUT2D eigenvalue weighted by atomic mass is 32.2. The Morgan fingerprint density at radius 2 is 1.67 bits per heavy atom. The number of benzene rings is 2. The number of likely N-dealkylation sites (N-methyl/N-ethyl adjacent to an activating group) is 1. The molecule has 0 amide bonds. The molecule has 0 bridgehead atoms. The van der Waals surface area contributed by atoms with Crippen molar-refractivity contribution >= 4 is 10.0 Å². The van der Waals surface area contributed by atoms with E-state index < -0.39 is 10.0 Å². The van der Waals surface area contributed by atoms with E-state index in [0.29, 0.717) is 30.3 Å². The maximum absolute atomic E-state index is 12.9. The number of piperazine rings is 1. The van der Waals surface area contributed by atoms with Gasteiger partial charge in [-0.3, -0.25) is 4.90 Å². The van der Waals surface area contributed by atoms with Crippen LogP contribution >= 0.6 is 0 Å². The van der Waals surface area contributed by atoms with Crippen molar-refractivity contribution in [2.75, 3.05) is 33.8 Å². The van der Waals surface area contributed by atoms with Crippen LogP contribution in [0.3, 0.4) is 0 Å². The van der Waals surface area contributed by atoms with Crippen molar-refractivity contribution in [2.45, 2.75) is 10.9 Å². The smallest absolute Gasteiger partial charge is 0.243 e. The number of methoxy groups -OCH3 is 1. The van der Waals surface area contributed by atoms with Crippen LogP contribution in [-0.4, -0.2) is 51.4 Å². The Morgan fingerprint density at radius 3 is 2.29 bits per heavy atom. The molecule has 2 aromatic rings. The Balaban J connectivity index is 1.85. The molecular formula is C18H22N2O3S. The van der Waals surface area contributed by atoms with Crippen LogP contribution in [0.25, 0.3) is 0 Å². The molecule has 5 nitrogen and oxygen atoms in total. The molecule has 1 fully saturated rings. The van der Waals surface area contributed by atoms with E-state index in [0.717, 1.165) is 5.56 Å². The molecule has 6 heteroatoms. The second-order valence-corrected chi connectivity index (χ2v) is 7.88. The van der Waals surface area contributed by atoms with E-state index in [1.54, 1.807) is 35.7 Å². The van der Waals surface area contributed by atoms with Crippen LogP contribution in [0.2, 0.25) is 0 Å². The molecule has 1 unspecified atom stereocenters. The van der Waals surface area contributed by atoms with Crippen LogP contribution in [0.1, 0.15) is 11.6 Å². The molecule has 0 spiro atoms. The van der Waals surface area contributed by atoms with Crippen LogP contribution in [0.4, 0.5) is 0 Å². The molecule has 0 radical (unpaired) electrons. The summed E-state index contributed by atoms with van der Waals surface area (Å²) >= 11 is 0. The summed E-state index contributed by atoms with van der Waals surface area (Å²) in [5.41, 5.74) is 1.13. The summed E-state index contributed by atoms with van der Waals surface area (Å²) in [4.78, 5) is 2.51. The first-order chi connectivity index (χ1) is 11.5. The third-order valence-corrected chi connectivity index (χ3v) is 6.37. The van der Waals surface area contributed by atoms with Crippen molar-refractivity contribution < 1.29 is 13.2 Å². The van der Waals surface area contributed by atoms with Crippen molar-refractivity contribution in [1.82, 2.24) is 9.21 Å². The molecule has 1 atom stereocenters. The highest BCUT2D eigenvalue weighted by Gasteiger charge is 2.33. The van der Waals surface area contributed by atoms with Crippen molar-refractivity contribution in [1.29, 1.82) is 0 Å². The van der Waals surface area contributed by atoms with Gasteiger partial charge in [0.2, 0.25) is 10.0 Å². The second kappa shape index (κ2) is 6.93. The molecule has 1 aliphatic rings. The average molecular weight is 346 g/mol. The third-order valence-electron chi connectivity index (χ3n) is 4.49. The Morgan fingerprint density at radius 1 is 1.00 bits per heavy atom. The third kappa shape index (κ3) is 3.31. The van der Waals surface area contributed by atoms with Gasteiger partial charge in [-0.15, -0.1) is 0 Å². The molecule has 0 saturated carbocycles. The van der Waals surface area contributed by atoms with Gasteiger partial charge in [0, 0.05) is 25.7 Å². The normalized spacial score (nSPS) is 20.0. The van der Waals surface area contributed by atoms with Gasteiger partial charge in [-0.2, -0.15) is 4.31 Å². The lowest BCUT2D eigenvalue weighted by Crippen LogP contribution is -2.48. The predicted molar refractivity (Wildman–Crippen MR) is 93.6 cm³/mol. The monoisotopic (exact) mass is 346 g/mol. The molecule has 1 saturated heterocycles. The topological polar surface area (TPSA) is 49.9 Å². The quantitative estimate of drug-likeness (QED) is 0.853. The standard InChI is InChI=1S/C18H22N2O3S/c1-19-12-13-20(14-18(19)15-6-4-3-5-7-15)24(21,22)17-10-8-16(23-2)9-11-17/h3-11,18H,12-14H2,1-2H3. The van der Waals surface area contributed by atoms with Crippen LogP contribution in [0.15, 0.2) is 59.5 Å². The summed E-state index contributed by atoms with van der Waals surface area (Å²) in [6, 6.07) is 16.7. The molecular weight excluding hydrogens is 324 g/mol. The van der Waals surface area contributed by atoms with Crippen LogP contribution < -0.4 is 4.74 Å². The largest absolute Gasteiger partial charge is 0.497 e. The van der Waals surface area contributed by atoms with E-state index in [-0.39, 0.29) is 6.04 Å². The fraction of sp³-hybridized carbons (Fsp3) is 0.333. The summed E-state index contributed by atoms with van der Waals surface area (Å²) in [5.74, 6) is 0.648. The zero-order valence-corrected chi connectivity index (χ0v) is 14.7.